The van der Waals surface area contributed by atoms with Gasteiger partial charge in [0.2, 0.25) is 0 Å². The summed E-state index contributed by atoms with van der Waals surface area (Å²) in [5.41, 5.74) is 0.707. The van der Waals surface area contributed by atoms with Crippen LogP contribution in [-0.2, 0) is 14.3 Å². The highest BCUT2D eigenvalue weighted by molar-refractivity contribution is 5.95. The summed E-state index contributed by atoms with van der Waals surface area (Å²) in [6.45, 7) is 4.96. The van der Waals surface area contributed by atoms with E-state index in [9.17, 15) is 14.7 Å². The van der Waals surface area contributed by atoms with E-state index in [4.69, 9.17) is 14.6 Å². The lowest BCUT2D eigenvalue weighted by molar-refractivity contribution is -0.151. The van der Waals surface area contributed by atoms with Crippen molar-refractivity contribution in [2.45, 2.75) is 39.2 Å². The van der Waals surface area contributed by atoms with Gasteiger partial charge in [-0.1, -0.05) is 12.1 Å². The van der Waals surface area contributed by atoms with Gasteiger partial charge >= 0.3 is 11.9 Å². The van der Waals surface area contributed by atoms with E-state index in [1.165, 1.54) is 0 Å². The molecule has 0 saturated heterocycles. The molecule has 9 nitrogen and oxygen atoms in total. The van der Waals surface area contributed by atoms with Crippen LogP contribution in [0.4, 0.5) is 0 Å². The lowest BCUT2D eigenvalue weighted by Gasteiger charge is -2.44. The Balaban J connectivity index is 2.22. The van der Waals surface area contributed by atoms with Gasteiger partial charge in [0, 0.05) is 17.7 Å². The van der Waals surface area contributed by atoms with E-state index in [2.05, 4.69) is 15.6 Å². The number of benzene rings is 1. The lowest BCUT2D eigenvalue weighted by Crippen LogP contribution is -2.55. The predicted octanol–water partition coefficient (Wildman–Crippen LogP) is 2.12. The second kappa shape index (κ2) is 7.31. The number of aromatic nitrogens is 2. The van der Waals surface area contributed by atoms with Gasteiger partial charge in [-0.3, -0.25) is 4.79 Å². The van der Waals surface area contributed by atoms with Crippen LogP contribution < -0.4 is 5.32 Å². The van der Waals surface area contributed by atoms with Crippen molar-refractivity contribution in [1.82, 2.24) is 15.6 Å². The summed E-state index contributed by atoms with van der Waals surface area (Å²) < 4.78 is 10.1. The van der Waals surface area contributed by atoms with Crippen molar-refractivity contribution in [1.29, 1.82) is 5.26 Å². The molecule has 0 amide bonds. The van der Waals surface area contributed by atoms with Gasteiger partial charge in [0.05, 0.1) is 23.5 Å². The number of ether oxygens (including phenoxy) is 1. The van der Waals surface area contributed by atoms with Gasteiger partial charge in [0.1, 0.15) is 17.6 Å². The largest absolute Gasteiger partial charge is 0.481 e. The molecule has 28 heavy (non-hydrogen) atoms. The number of fused-ring (bicyclic) bond motifs is 1. The molecule has 0 spiro atoms. The van der Waals surface area contributed by atoms with Crippen LogP contribution in [0.15, 0.2) is 34.1 Å². The molecule has 146 valence electrons. The Morgan fingerprint density at radius 3 is 2.86 bits per heavy atom. The van der Waals surface area contributed by atoms with Crippen LogP contribution in [0.25, 0.3) is 11.0 Å². The maximum Gasteiger partial charge on any atom is 0.336 e. The van der Waals surface area contributed by atoms with Crippen molar-refractivity contribution in [2.75, 3.05) is 6.61 Å². The van der Waals surface area contributed by atoms with Crippen molar-refractivity contribution in [3.63, 3.8) is 0 Å². The first-order valence-corrected chi connectivity index (χ1v) is 8.78. The molecule has 2 heterocycles. The highest BCUT2D eigenvalue weighted by atomic mass is 16.6. The Kier molecular flexibility index (Phi) is 5.05. The summed E-state index contributed by atoms with van der Waals surface area (Å²) >= 11 is 0. The van der Waals surface area contributed by atoms with Crippen LogP contribution in [0.1, 0.15) is 38.7 Å². The molecule has 2 N–H and O–H groups in total. The summed E-state index contributed by atoms with van der Waals surface area (Å²) in [6, 6.07) is 6.54. The molecule has 1 aromatic heterocycles. The van der Waals surface area contributed by atoms with Gasteiger partial charge < -0.3 is 15.2 Å². The number of nitrogens with one attached hydrogen (secondary N) is 1. The number of allylic oxidation sites excluding steroid dienone is 1. The number of carbonyl (C=O) groups is 2. The Labute approximate surface area is 160 Å². The highest BCUT2D eigenvalue weighted by Gasteiger charge is 2.54. The van der Waals surface area contributed by atoms with Crippen molar-refractivity contribution < 1.29 is 24.1 Å². The van der Waals surface area contributed by atoms with Crippen LogP contribution in [0.2, 0.25) is 0 Å². The zero-order valence-corrected chi connectivity index (χ0v) is 15.7. The molecule has 0 aliphatic carbocycles. The van der Waals surface area contributed by atoms with Crippen LogP contribution in [0.3, 0.4) is 0 Å². The number of nitriles is 1. The van der Waals surface area contributed by atoms with E-state index in [-0.39, 0.29) is 18.6 Å². The van der Waals surface area contributed by atoms with E-state index >= 15 is 0 Å². The third-order valence-electron chi connectivity index (χ3n) is 5.38. The number of esters is 1. The molecule has 2 aromatic rings. The fraction of sp³-hybridized carbons (Fsp3) is 0.421. The molecule has 3 atom stereocenters. The molecule has 1 aliphatic rings. The summed E-state index contributed by atoms with van der Waals surface area (Å²) in [5, 5.41) is 29.6. The van der Waals surface area contributed by atoms with E-state index in [1.807, 2.05) is 6.07 Å². The third-order valence-corrected chi connectivity index (χ3v) is 5.38. The number of carboxylic acids is 1. The van der Waals surface area contributed by atoms with E-state index in [0.717, 1.165) is 0 Å². The van der Waals surface area contributed by atoms with E-state index in [1.54, 1.807) is 39.0 Å². The Morgan fingerprint density at radius 1 is 1.43 bits per heavy atom. The summed E-state index contributed by atoms with van der Waals surface area (Å²) in [4.78, 5) is 25.2. The second-order valence-corrected chi connectivity index (χ2v) is 6.95. The molecule has 3 rings (SSSR count). The fourth-order valence-corrected chi connectivity index (χ4v) is 3.70. The fourth-order valence-electron chi connectivity index (χ4n) is 3.70. The molecule has 9 heteroatoms. The third kappa shape index (κ3) is 2.97. The molecule has 0 fully saturated rings. The maximum absolute atomic E-state index is 12.9. The van der Waals surface area contributed by atoms with Crippen LogP contribution >= 0.6 is 0 Å². The lowest BCUT2D eigenvalue weighted by atomic mass is 9.63. The molecule has 3 unspecified atom stereocenters. The molecule has 1 aliphatic heterocycles. The number of nitrogens with zero attached hydrogens (tertiary/aromatic N) is 3. The Bertz CT molecular complexity index is 1010. The number of hydrogen-bond acceptors (Lipinski definition) is 8. The minimum Gasteiger partial charge on any atom is -0.481 e. The van der Waals surface area contributed by atoms with Crippen molar-refractivity contribution in [3.05, 3.63) is 35.0 Å². The van der Waals surface area contributed by atoms with Gasteiger partial charge in [-0.25, -0.2) is 9.42 Å². The smallest absolute Gasteiger partial charge is 0.336 e. The monoisotopic (exact) mass is 384 g/mol. The highest BCUT2D eigenvalue weighted by Crippen LogP contribution is 2.49. The SMILES string of the molecule is CC1=C(C(=O)OCCC#N)C(c2cccc3nonc23)C(C)(C(=O)O)C(C)N1. The molecule has 1 aromatic carbocycles. The van der Waals surface area contributed by atoms with Gasteiger partial charge in [-0.2, -0.15) is 5.26 Å². The molecular weight excluding hydrogens is 364 g/mol. The average Bonchev–Trinajstić information content (AvgIpc) is 3.13. The average molecular weight is 384 g/mol. The number of aliphatic carboxylic acids is 1. The minimum absolute atomic E-state index is 0.0472. The van der Waals surface area contributed by atoms with Crippen molar-refractivity contribution in [3.8, 4) is 6.07 Å². The van der Waals surface area contributed by atoms with Gasteiger partial charge in [-0.15, -0.1) is 0 Å². The van der Waals surface area contributed by atoms with Crippen LogP contribution in [-0.4, -0.2) is 40.0 Å². The summed E-state index contributed by atoms with van der Waals surface area (Å²) in [5.74, 6) is -2.59. The molecule has 0 bridgehead atoms. The number of carboxylic acid groups (broad SMARTS) is 1. The molecule has 0 saturated carbocycles. The first kappa shape index (κ1) is 19.4. The van der Waals surface area contributed by atoms with Gasteiger partial charge in [-0.05, 0) is 42.7 Å². The number of carbonyl (C=O) groups excluding carboxylic acids is 1. The second-order valence-electron chi connectivity index (χ2n) is 6.95. The number of rotatable bonds is 5. The zero-order valence-electron chi connectivity index (χ0n) is 15.7. The molecule has 0 radical (unpaired) electrons. The van der Waals surface area contributed by atoms with Crippen molar-refractivity contribution in [2.24, 2.45) is 5.41 Å². The summed E-state index contributed by atoms with van der Waals surface area (Å²) in [6.07, 6.45) is 0.0472. The van der Waals surface area contributed by atoms with E-state index in [0.29, 0.717) is 22.3 Å². The normalized spacial score (nSPS) is 24.5. The Morgan fingerprint density at radius 2 is 2.18 bits per heavy atom. The standard InChI is InChI=1S/C19H20N4O5/c1-10-14(17(24)27-9-5-8-20)15(19(3,18(25)26)11(2)21-10)12-6-4-7-13-16(12)23-28-22-13/h4,6-7,11,15,21H,5,9H2,1-3H3,(H,25,26). The zero-order chi connectivity index (χ0) is 20.5. The quantitative estimate of drug-likeness (QED) is 0.586. The van der Waals surface area contributed by atoms with E-state index < -0.39 is 29.3 Å². The summed E-state index contributed by atoms with van der Waals surface area (Å²) in [7, 11) is 0. The Hall–Kier alpha value is -3.41. The predicted molar refractivity (Wildman–Crippen MR) is 96.8 cm³/mol. The first-order valence-electron chi connectivity index (χ1n) is 8.78. The minimum atomic E-state index is -1.38. The van der Waals surface area contributed by atoms with Gasteiger partial charge in [0.15, 0.2) is 0 Å². The topological polar surface area (TPSA) is 138 Å². The maximum atomic E-state index is 12.9. The first-order chi connectivity index (χ1) is 13.3. The van der Waals surface area contributed by atoms with Crippen LogP contribution in [0.5, 0.6) is 0 Å². The number of hydrogen-bond donors (Lipinski definition) is 2. The van der Waals surface area contributed by atoms with Crippen molar-refractivity contribution >= 4 is 23.0 Å². The van der Waals surface area contributed by atoms with Crippen LogP contribution in [0, 0.1) is 16.7 Å². The van der Waals surface area contributed by atoms with Gasteiger partial charge in [0.25, 0.3) is 0 Å². The molecular formula is C19H20N4O5.